The summed E-state index contributed by atoms with van der Waals surface area (Å²) in [6.45, 7) is 21.1. The molecule has 0 saturated carbocycles. The van der Waals surface area contributed by atoms with Gasteiger partial charge in [0.2, 0.25) is 0 Å². The Hall–Kier alpha value is -4.44. The second kappa shape index (κ2) is 20.8. The molecule has 3 aromatic carbocycles. The van der Waals surface area contributed by atoms with Gasteiger partial charge in [0.05, 0.1) is 50.9 Å². The minimum Gasteiger partial charge on any atom is -0.441 e. The highest BCUT2D eigenvalue weighted by atomic mass is 32.1. The zero-order chi connectivity index (χ0) is 45.4. The minimum atomic E-state index is -1.30. The number of anilines is 1. The highest BCUT2D eigenvalue weighted by Crippen LogP contribution is 2.53. The van der Waals surface area contributed by atoms with Gasteiger partial charge < -0.3 is 34.1 Å². The number of carbonyl (C=O) groups is 3. The first kappa shape index (κ1) is 48.6. The zero-order valence-corrected chi connectivity index (χ0v) is 39.7. The van der Waals surface area contributed by atoms with Crippen LogP contribution in [0.2, 0.25) is 0 Å². The maximum Gasteiger partial charge on any atom is 0.340 e. The number of thiocarbonyl (C=S) groups is 1. The fourth-order valence-electron chi connectivity index (χ4n) is 7.56. The van der Waals surface area contributed by atoms with Crippen LogP contribution in [-0.2, 0) is 35.6 Å². The van der Waals surface area contributed by atoms with Gasteiger partial charge in [-0.3, -0.25) is 14.5 Å². The third-order valence-electron chi connectivity index (χ3n) is 10.7. The Bertz CT molecular complexity index is 2070. The summed E-state index contributed by atoms with van der Waals surface area (Å²) in [6, 6.07) is 19.1. The lowest BCUT2D eigenvalue weighted by molar-refractivity contribution is -0.143. The van der Waals surface area contributed by atoms with Gasteiger partial charge in [0.25, 0.3) is 0 Å². The van der Waals surface area contributed by atoms with Crippen molar-refractivity contribution in [3.8, 4) is 17.6 Å². The first-order chi connectivity index (χ1) is 29.3. The van der Waals surface area contributed by atoms with Crippen molar-refractivity contribution in [2.75, 3.05) is 25.1 Å². The highest BCUT2D eigenvalue weighted by molar-refractivity contribution is 7.80. The monoisotopic (exact) mass is 886 g/mol. The summed E-state index contributed by atoms with van der Waals surface area (Å²) < 4.78 is 30.1. The van der Waals surface area contributed by atoms with Crippen LogP contribution in [0, 0.1) is 22.2 Å². The Morgan fingerprint density at radius 1 is 0.839 bits per heavy atom. The normalized spacial score (nSPS) is 14.7. The first-order valence-corrected chi connectivity index (χ1v) is 22.9. The molecule has 0 saturated heterocycles. The van der Waals surface area contributed by atoms with Crippen LogP contribution in [0.1, 0.15) is 140 Å². The summed E-state index contributed by atoms with van der Waals surface area (Å²) in [5.74, 6) is -0.620. The molecule has 334 valence electrons. The largest absolute Gasteiger partial charge is 0.441 e. The number of nitrogens with zero attached hydrogens (tertiary/aromatic N) is 2. The van der Waals surface area contributed by atoms with Gasteiger partial charge in [-0.05, 0) is 148 Å². The van der Waals surface area contributed by atoms with Crippen LogP contribution in [-0.4, -0.2) is 65.7 Å². The summed E-state index contributed by atoms with van der Waals surface area (Å²) in [4.78, 5) is 41.9. The van der Waals surface area contributed by atoms with Crippen molar-refractivity contribution in [3.63, 3.8) is 0 Å². The number of ether oxygens (including phenoxy) is 4. The molecule has 1 aliphatic heterocycles. The van der Waals surface area contributed by atoms with E-state index in [1.54, 1.807) is 59.7 Å². The number of nitriles is 1. The lowest BCUT2D eigenvalue weighted by Gasteiger charge is -2.37. The van der Waals surface area contributed by atoms with Gasteiger partial charge in [0.1, 0.15) is 11.5 Å². The summed E-state index contributed by atoms with van der Waals surface area (Å²) in [7, 11) is 0.171. The number of nitrogens with one attached hydrogen (secondary N) is 2. The molecule has 0 amide bonds. The molecule has 3 aromatic rings. The smallest absolute Gasteiger partial charge is 0.340 e. The summed E-state index contributed by atoms with van der Waals surface area (Å²) in [6.07, 6.45) is 4.65. The molecule has 2 unspecified atom stereocenters. The second-order valence-corrected chi connectivity index (χ2v) is 19.9. The van der Waals surface area contributed by atoms with Gasteiger partial charge in [-0.2, -0.15) is 5.26 Å². The van der Waals surface area contributed by atoms with E-state index in [1.165, 1.54) is 0 Å². The molecule has 62 heavy (non-hydrogen) atoms. The molecule has 1 heterocycles. The molecule has 0 aromatic heterocycles. The number of esters is 3. The van der Waals surface area contributed by atoms with Crippen LogP contribution in [0.4, 0.5) is 5.69 Å². The standard InChI is InChI=1S/C48H63N4O8PS/c1-30(2)52(31(3)4)45(56-24-15-22-49)61-57-25-14-12-11-13-23-50-44(62)51-34-16-19-40-37(29-34)41(53)60-48(40)38-20-17-35(58-42(54)46(5,6)7)27-32(38)26-33-28-36(18-21-39(33)48)59-43(55)47(8,9)10/h16-21,27-31,45,61H,11-15,23-26H2,1-10H3,(H2,50,51,62). The van der Waals surface area contributed by atoms with Crippen molar-refractivity contribution in [1.82, 2.24) is 10.2 Å². The Balaban J connectivity index is 1.23. The van der Waals surface area contributed by atoms with Crippen molar-refractivity contribution in [2.45, 2.75) is 131 Å². The number of carbonyl (C=O) groups excluding carboxylic acids is 3. The number of rotatable bonds is 18. The summed E-state index contributed by atoms with van der Waals surface area (Å²) >= 11 is 5.64. The van der Waals surface area contributed by atoms with E-state index in [9.17, 15) is 14.4 Å². The Morgan fingerprint density at radius 2 is 1.40 bits per heavy atom. The molecule has 2 N–H and O–H groups in total. The quantitative estimate of drug-likeness (QED) is 0.0312. The number of fused-ring (bicyclic) bond motifs is 6. The van der Waals surface area contributed by atoms with E-state index in [0.717, 1.165) is 47.9 Å². The van der Waals surface area contributed by atoms with Crippen LogP contribution in [0.3, 0.4) is 0 Å². The maximum absolute atomic E-state index is 13.9. The van der Waals surface area contributed by atoms with Crippen LogP contribution in [0.5, 0.6) is 11.5 Å². The van der Waals surface area contributed by atoms with E-state index >= 15 is 0 Å². The van der Waals surface area contributed by atoms with E-state index in [4.69, 9.17) is 41.0 Å². The average Bonchev–Trinajstić information content (AvgIpc) is 3.47. The molecular formula is C48H63N4O8PS. The third kappa shape index (κ3) is 11.8. The molecule has 12 nitrogen and oxygen atoms in total. The van der Waals surface area contributed by atoms with Crippen LogP contribution in [0.25, 0.3) is 0 Å². The fraction of sp³-hybridized carbons (Fsp3) is 0.521. The van der Waals surface area contributed by atoms with Gasteiger partial charge in [-0.1, -0.05) is 31.0 Å². The molecule has 2 atom stereocenters. The van der Waals surface area contributed by atoms with E-state index in [1.807, 2.05) is 36.4 Å². The van der Waals surface area contributed by atoms with Crippen molar-refractivity contribution < 1.29 is 37.9 Å². The molecule has 14 heteroatoms. The molecule has 0 bridgehead atoms. The van der Waals surface area contributed by atoms with E-state index < -0.39 is 22.4 Å². The number of benzene rings is 3. The molecule has 2 aliphatic rings. The SMILES string of the molecule is CC(C)N(C(C)C)C(OCCC#N)POCCCCCCNC(=S)Nc1ccc2c(c1)C(=O)OC21c2ccc(OC(=O)C(C)(C)C)cc2Cc2cc(OC(=O)C(C)(C)C)ccc21. The molecular weight excluding hydrogens is 824 g/mol. The maximum atomic E-state index is 13.9. The van der Waals surface area contributed by atoms with Crippen molar-refractivity contribution in [2.24, 2.45) is 10.8 Å². The van der Waals surface area contributed by atoms with Gasteiger partial charge in [0, 0.05) is 41.0 Å². The number of hydrogen-bond donors (Lipinski definition) is 2. The van der Waals surface area contributed by atoms with E-state index in [2.05, 4.69) is 49.3 Å². The fourth-order valence-corrected chi connectivity index (χ4v) is 9.09. The van der Waals surface area contributed by atoms with Crippen molar-refractivity contribution >= 4 is 49.7 Å². The lowest BCUT2D eigenvalue weighted by Crippen LogP contribution is -2.44. The summed E-state index contributed by atoms with van der Waals surface area (Å²) in [5.41, 5.74) is 2.11. The minimum absolute atomic E-state index is 0.165. The zero-order valence-electron chi connectivity index (χ0n) is 37.9. The molecule has 1 aliphatic carbocycles. The Kier molecular flexibility index (Phi) is 16.3. The first-order valence-electron chi connectivity index (χ1n) is 21.5. The predicted molar refractivity (Wildman–Crippen MR) is 247 cm³/mol. The molecule has 0 radical (unpaired) electrons. The predicted octanol–water partition coefficient (Wildman–Crippen LogP) is 9.75. The van der Waals surface area contributed by atoms with Gasteiger partial charge in [-0.25, -0.2) is 4.79 Å². The van der Waals surface area contributed by atoms with Gasteiger partial charge >= 0.3 is 17.9 Å². The highest BCUT2D eigenvalue weighted by Gasteiger charge is 2.52. The molecule has 0 fully saturated rings. The molecule has 1 spiro atoms. The third-order valence-corrected chi connectivity index (χ3v) is 11.9. The second-order valence-electron chi connectivity index (χ2n) is 18.5. The van der Waals surface area contributed by atoms with Crippen LogP contribution < -0.4 is 20.1 Å². The van der Waals surface area contributed by atoms with Crippen LogP contribution in [0.15, 0.2) is 54.6 Å². The Morgan fingerprint density at radius 3 is 1.95 bits per heavy atom. The van der Waals surface area contributed by atoms with E-state index in [-0.39, 0.29) is 26.7 Å². The van der Waals surface area contributed by atoms with Crippen LogP contribution >= 0.6 is 21.0 Å². The average molecular weight is 887 g/mol. The Labute approximate surface area is 374 Å². The van der Waals surface area contributed by atoms with Gasteiger partial charge in [0.15, 0.2) is 16.7 Å². The topological polar surface area (TPSA) is 148 Å². The number of unbranched alkanes of at least 4 members (excludes halogenated alkanes) is 3. The van der Waals surface area contributed by atoms with Crippen molar-refractivity contribution in [3.05, 3.63) is 88.0 Å². The van der Waals surface area contributed by atoms with E-state index in [0.29, 0.717) is 78.1 Å². The summed E-state index contributed by atoms with van der Waals surface area (Å²) in [5, 5.41) is 15.9. The molecule has 5 rings (SSSR count). The number of hydrogen-bond acceptors (Lipinski definition) is 11. The van der Waals surface area contributed by atoms with Crippen molar-refractivity contribution in [1.29, 1.82) is 5.26 Å². The van der Waals surface area contributed by atoms with Gasteiger partial charge in [-0.15, -0.1) is 0 Å². The lowest BCUT2D eigenvalue weighted by atomic mass is 9.71.